The molecule has 0 amide bonds. The minimum Gasteiger partial charge on any atom is -0.870 e. The van der Waals surface area contributed by atoms with Crippen LogP contribution in [0.15, 0.2) is 69.9 Å². The third kappa shape index (κ3) is 3.42. The van der Waals surface area contributed by atoms with Crippen molar-refractivity contribution in [2.75, 3.05) is 0 Å². The summed E-state index contributed by atoms with van der Waals surface area (Å²) in [6.07, 6.45) is 0. The van der Waals surface area contributed by atoms with Gasteiger partial charge in [-0.25, -0.2) is 0 Å². The van der Waals surface area contributed by atoms with Crippen LogP contribution in [0.25, 0.3) is 22.3 Å². The summed E-state index contributed by atoms with van der Waals surface area (Å²) in [7, 11) is 0. The van der Waals surface area contributed by atoms with E-state index in [2.05, 4.69) is 0 Å². The zero-order valence-electron chi connectivity index (χ0n) is 10.5. The van der Waals surface area contributed by atoms with Gasteiger partial charge in [0.05, 0.1) is 5.39 Å². The van der Waals surface area contributed by atoms with E-state index in [1.807, 2.05) is 48.5 Å². The Hall–Kier alpha value is -0.754. The molecule has 0 fully saturated rings. The van der Waals surface area contributed by atoms with Crippen LogP contribution in [0.1, 0.15) is 0 Å². The Balaban J connectivity index is 0.000000902. The average Bonchev–Trinajstić information content (AvgIpc) is 2.40. The van der Waals surface area contributed by atoms with Crippen LogP contribution in [0.2, 0.25) is 0 Å². The molecule has 19 heavy (non-hydrogen) atoms. The molecule has 2 aromatic carbocycles. The van der Waals surface area contributed by atoms with E-state index in [4.69, 9.17) is 4.42 Å². The monoisotopic (exact) mass is 278 g/mol. The predicted octanol–water partition coefficient (Wildman–Crippen LogP) is 0.287. The molecular formula is C15H11KO3. The first-order valence-electron chi connectivity index (χ1n) is 5.43. The first kappa shape index (κ1) is 16.3. The van der Waals surface area contributed by atoms with E-state index in [9.17, 15) is 4.79 Å². The molecule has 0 spiro atoms. The van der Waals surface area contributed by atoms with Gasteiger partial charge in [-0.05, 0) is 12.1 Å². The van der Waals surface area contributed by atoms with Gasteiger partial charge in [-0.1, -0.05) is 42.5 Å². The Bertz CT molecular complexity index is 720. The van der Waals surface area contributed by atoms with Crippen LogP contribution in [-0.4, -0.2) is 5.48 Å². The van der Waals surface area contributed by atoms with Crippen molar-refractivity contribution in [1.29, 1.82) is 0 Å². The van der Waals surface area contributed by atoms with E-state index >= 15 is 0 Å². The molecule has 90 valence electrons. The molecule has 0 atom stereocenters. The summed E-state index contributed by atoms with van der Waals surface area (Å²) in [6, 6.07) is 18.4. The molecule has 4 heteroatoms. The SMILES string of the molecule is O=c1cc(-c2ccccc2)oc2ccccc12.[K+].[OH-]. The maximum absolute atomic E-state index is 11.9. The molecule has 0 saturated carbocycles. The van der Waals surface area contributed by atoms with Gasteiger partial charge in [0.15, 0.2) is 5.43 Å². The van der Waals surface area contributed by atoms with E-state index in [0.29, 0.717) is 16.7 Å². The molecule has 0 aliphatic rings. The Labute approximate surface area is 153 Å². The number of rotatable bonds is 1. The Kier molecular flexibility index (Phi) is 6.13. The minimum atomic E-state index is -0.00861. The average molecular weight is 278 g/mol. The van der Waals surface area contributed by atoms with Crippen LogP contribution in [0, 0.1) is 0 Å². The smallest absolute Gasteiger partial charge is 0.870 e. The van der Waals surface area contributed by atoms with Crippen LogP contribution >= 0.6 is 0 Å². The van der Waals surface area contributed by atoms with E-state index in [0.717, 1.165) is 5.56 Å². The number of fused-ring (bicyclic) bond motifs is 1. The van der Waals surface area contributed by atoms with Crippen molar-refractivity contribution in [3.8, 4) is 11.3 Å². The summed E-state index contributed by atoms with van der Waals surface area (Å²) in [6.45, 7) is 0. The second kappa shape index (κ2) is 7.14. The van der Waals surface area contributed by atoms with Crippen molar-refractivity contribution in [3.05, 3.63) is 70.9 Å². The summed E-state index contributed by atoms with van der Waals surface area (Å²) in [5.74, 6) is 0.606. The first-order chi connectivity index (χ1) is 8.34. The number of benzene rings is 2. The van der Waals surface area contributed by atoms with Crippen LogP contribution < -0.4 is 56.8 Å². The first-order valence-corrected chi connectivity index (χ1v) is 5.43. The number of para-hydroxylation sites is 1. The molecule has 1 N–H and O–H groups in total. The van der Waals surface area contributed by atoms with Gasteiger partial charge in [0.1, 0.15) is 11.3 Å². The van der Waals surface area contributed by atoms with Crippen molar-refractivity contribution in [3.63, 3.8) is 0 Å². The molecule has 0 radical (unpaired) electrons. The zero-order chi connectivity index (χ0) is 11.7. The van der Waals surface area contributed by atoms with Gasteiger partial charge in [0.25, 0.3) is 0 Å². The van der Waals surface area contributed by atoms with Crippen molar-refractivity contribution in [2.45, 2.75) is 0 Å². The summed E-state index contributed by atoms with van der Waals surface area (Å²) < 4.78 is 5.73. The summed E-state index contributed by atoms with van der Waals surface area (Å²) in [5.41, 5.74) is 1.53. The van der Waals surface area contributed by atoms with Crippen molar-refractivity contribution in [1.82, 2.24) is 0 Å². The minimum absolute atomic E-state index is 0. The molecule has 0 unspecified atom stereocenters. The van der Waals surface area contributed by atoms with Gasteiger partial charge in [0.2, 0.25) is 0 Å². The van der Waals surface area contributed by atoms with Gasteiger partial charge in [0, 0.05) is 11.6 Å². The molecule has 0 aliphatic carbocycles. The molecule has 3 rings (SSSR count). The van der Waals surface area contributed by atoms with Gasteiger partial charge < -0.3 is 9.89 Å². The molecule has 0 aliphatic heterocycles. The summed E-state index contributed by atoms with van der Waals surface area (Å²) >= 11 is 0. The molecule has 3 nitrogen and oxygen atoms in total. The van der Waals surface area contributed by atoms with Gasteiger partial charge in [-0.2, -0.15) is 0 Å². The number of hydrogen-bond acceptors (Lipinski definition) is 3. The van der Waals surface area contributed by atoms with Crippen molar-refractivity contribution < 1.29 is 61.3 Å². The molecule has 0 bridgehead atoms. The normalized spacial score (nSPS) is 9.47. The van der Waals surface area contributed by atoms with Gasteiger partial charge >= 0.3 is 51.4 Å². The van der Waals surface area contributed by atoms with E-state index < -0.39 is 0 Å². The van der Waals surface area contributed by atoms with E-state index in [1.165, 1.54) is 6.07 Å². The largest absolute Gasteiger partial charge is 1.00 e. The van der Waals surface area contributed by atoms with E-state index in [1.54, 1.807) is 6.07 Å². The van der Waals surface area contributed by atoms with Gasteiger partial charge in [-0.3, -0.25) is 4.79 Å². The van der Waals surface area contributed by atoms with Crippen molar-refractivity contribution >= 4 is 11.0 Å². The molecule has 3 aromatic rings. The molecule has 1 heterocycles. The second-order valence-corrected chi connectivity index (χ2v) is 3.84. The number of hydrogen-bond donors (Lipinski definition) is 0. The third-order valence-electron chi connectivity index (χ3n) is 2.69. The Morgan fingerprint density at radius 2 is 1.47 bits per heavy atom. The zero-order valence-corrected chi connectivity index (χ0v) is 13.7. The standard InChI is InChI=1S/C15H10O2.K.H2O/c16-13-10-15(11-6-2-1-3-7-11)17-14-9-5-4-8-12(13)14;;/h1-10H;;1H2/q;+1;/p-1. The van der Waals surface area contributed by atoms with Crippen molar-refractivity contribution in [2.24, 2.45) is 0 Å². The van der Waals surface area contributed by atoms with Crippen LogP contribution in [0.5, 0.6) is 0 Å². The van der Waals surface area contributed by atoms with E-state index in [-0.39, 0.29) is 62.3 Å². The maximum Gasteiger partial charge on any atom is 1.00 e. The maximum atomic E-state index is 11.9. The third-order valence-corrected chi connectivity index (χ3v) is 2.69. The van der Waals surface area contributed by atoms with Crippen LogP contribution in [0.3, 0.4) is 0 Å². The Morgan fingerprint density at radius 1 is 0.842 bits per heavy atom. The Morgan fingerprint density at radius 3 is 2.21 bits per heavy atom. The van der Waals surface area contributed by atoms with Gasteiger partial charge in [-0.15, -0.1) is 0 Å². The topological polar surface area (TPSA) is 60.2 Å². The summed E-state index contributed by atoms with van der Waals surface area (Å²) in [4.78, 5) is 11.9. The fourth-order valence-electron chi connectivity index (χ4n) is 1.85. The predicted molar refractivity (Wildman–Crippen MR) is 69.9 cm³/mol. The van der Waals surface area contributed by atoms with Crippen LogP contribution in [0.4, 0.5) is 0 Å². The van der Waals surface area contributed by atoms with Crippen LogP contribution in [-0.2, 0) is 0 Å². The quantitative estimate of drug-likeness (QED) is 0.601. The second-order valence-electron chi connectivity index (χ2n) is 3.84. The molecular weight excluding hydrogens is 267 g/mol. The fraction of sp³-hybridized carbons (Fsp3) is 0. The summed E-state index contributed by atoms with van der Waals surface area (Å²) in [5, 5.41) is 0.618. The molecule has 1 aromatic heterocycles. The molecule has 0 saturated heterocycles. The fourth-order valence-corrected chi connectivity index (χ4v) is 1.85.